The Bertz CT molecular complexity index is 1020. The summed E-state index contributed by atoms with van der Waals surface area (Å²) in [6, 6.07) is 14.6. The van der Waals surface area contributed by atoms with Gasteiger partial charge in [-0.1, -0.05) is 18.2 Å². The van der Waals surface area contributed by atoms with Gasteiger partial charge >= 0.3 is 0 Å². The van der Waals surface area contributed by atoms with Crippen molar-refractivity contribution in [2.75, 3.05) is 11.9 Å². The van der Waals surface area contributed by atoms with Crippen LogP contribution in [0.4, 0.5) is 11.4 Å². The van der Waals surface area contributed by atoms with Crippen LogP contribution < -0.4 is 4.90 Å². The van der Waals surface area contributed by atoms with Crippen LogP contribution in [0.25, 0.3) is 21.9 Å². The number of benzene rings is 1. The standard InChI is InChI=1S/C19H18N4/c1-13-10-18(16-6-4-5-7-17(16)21-13)23(3)15-11-14-8-9-22(2)19(14)20-12-15/h4-12H,1-3H3. The van der Waals surface area contributed by atoms with Gasteiger partial charge < -0.3 is 9.47 Å². The molecule has 0 fully saturated rings. The molecule has 4 heteroatoms. The molecule has 1 aromatic carbocycles. The summed E-state index contributed by atoms with van der Waals surface area (Å²) in [5.74, 6) is 0. The Labute approximate surface area is 135 Å². The van der Waals surface area contributed by atoms with Crippen molar-refractivity contribution >= 4 is 33.3 Å². The average molecular weight is 302 g/mol. The Morgan fingerprint density at radius 2 is 1.91 bits per heavy atom. The summed E-state index contributed by atoms with van der Waals surface area (Å²) in [4.78, 5) is 11.4. The lowest BCUT2D eigenvalue weighted by molar-refractivity contribution is 0.948. The Hall–Kier alpha value is -2.88. The van der Waals surface area contributed by atoms with Gasteiger partial charge in [0.05, 0.1) is 23.1 Å². The van der Waals surface area contributed by atoms with Crippen molar-refractivity contribution in [2.24, 2.45) is 7.05 Å². The van der Waals surface area contributed by atoms with Gasteiger partial charge in [0.15, 0.2) is 0 Å². The number of anilines is 2. The second kappa shape index (κ2) is 5.09. The molecule has 0 aliphatic heterocycles. The number of aryl methyl sites for hydroxylation is 2. The number of fused-ring (bicyclic) bond motifs is 2. The van der Waals surface area contributed by atoms with Gasteiger partial charge in [0, 0.05) is 36.8 Å². The van der Waals surface area contributed by atoms with Crippen LogP contribution in [-0.2, 0) is 7.05 Å². The van der Waals surface area contributed by atoms with Crippen molar-refractivity contribution in [3.63, 3.8) is 0 Å². The van der Waals surface area contributed by atoms with E-state index in [1.807, 2.05) is 37.0 Å². The molecule has 23 heavy (non-hydrogen) atoms. The van der Waals surface area contributed by atoms with Crippen molar-refractivity contribution in [2.45, 2.75) is 6.92 Å². The zero-order valence-corrected chi connectivity index (χ0v) is 13.5. The fourth-order valence-electron chi connectivity index (χ4n) is 3.03. The lowest BCUT2D eigenvalue weighted by atomic mass is 10.1. The predicted octanol–water partition coefficient (Wildman–Crippen LogP) is 4.20. The predicted molar refractivity (Wildman–Crippen MR) is 95.3 cm³/mol. The average Bonchev–Trinajstić information content (AvgIpc) is 2.94. The molecule has 4 rings (SSSR count). The molecule has 0 aliphatic carbocycles. The van der Waals surface area contributed by atoms with Crippen molar-refractivity contribution in [3.05, 3.63) is 60.6 Å². The maximum Gasteiger partial charge on any atom is 0.139 e. The summed E-state index contributed by atoms with van der Waals surface area (Å²) < 4.78 is 2.03. The van der Waals surface area contributed by atoms with Crippen molar-refractivity contribution in [1.29, 1.82) is 0 Å². The highest BCUT2D eigenvalue weighted by atomic mass is 15.1. The van der Waals surface area contributed by atoms with E-state index in [1.54, 1.807) is 0 Å². The smallest absolute Gasteiger partial charge is 0.139 e. The topological polar surface area (TPSA) is 34.0 Å². The molecule has 0 spiro atoms. The zero-order chi connectivity index (χ0) is 16.0. The van der Waals surface area contributed by atoms with Crippen LogP contribution in [0.2, 0.25) is 0 Å². The van der Waals surface area contributed by atoms with E-state index in [4.69, 9.17) is 0 Å². The number of hydrogen-bond acceptors (Lipinski definition) is 3. The van der Waals surface area contributed by atoms with Crippen LogP contribution in [0.1, 0.15) is 5.69 Å². The second-order valence-electron chi connectivity index (χ2n) is 5.89. The summed E-state index contributed by atoms with van der Waals surface area (Å²) in [7, 11) is 4.09. The minimum atomic E-state index is 0.998. The molecule has 0 atom stereocenters. The van der Waals surface area contributed by atoms with Gasteiger partial charge in [-0.25, -0.2) is 4.98 Å². The lowest BCUT2D eigenvalue weighted by Gasteiger charge is -2.21. The van der Waals surface area contributed by atoms with Gasteiger partial charge in [-0.2, -0.15) is 0 Å². The maximum absolute atomic E-state index is 4.62. The number of para-hydroxylation sites is 1. The number of pyridine rings is 2. The molecule has 3 heterocycles. The number of rotatable bonds is 2. The largest absolute Gasteiger partial charge is 0.343 e. The second-order valence-corrected chi connectivity index (χ2v) is 5.89. The molecular formula is C19H18N4. The Kier molecular flexibility index (Phi) is 3.05. The summed E-state index contributed by atoms with van der Waals surface area (Å²) in [5.41, 5.74) is 5.24. The fraction of sp³-hybridized carbons (Fsp3) is 0.158. The van der Waals surface area contributed by atoms with Gasteiger partial charge in [-0.05, 0) is 31.2 Å². The van der Waals surface area contributed by atoms with Crippen molar-refractivity contribution < 1.29 is 0 Å². The van der Waals surface area contributed by atoms with Gasteiger partial charge in [0.2, 0.25) is 0 Å². The van der Waals surface area contributed by atoms with Gasteiger partial charge in [-0.3, -0.25) is 4.98 Å². The van der Waals surface area contributed by atoms with Crippen LogP contribution >= 0.6 is 0 Å². The molecule has 0 amide bonds. The quantitative estimate of drug-likeness (QED) is 0.556. The van der Waals surface area contributed by atoms with E-state index in [0.717, 1.165) is 39.0 Å². The number of hydrogen-bond donors (Lipinski definition) is 0. The lowest BCUT2D eigenvalue weighted by Crippen LogP contribution is -2.11. The molecule has 114 valence electrons. The van der Waals surface area contributed by atoms with E-state index in [0.29, 0.717) is 0 Å². The molecule has 0 bridgehead atoms. The summed E-state index contributed by atoms with van der Waals surface area (Å²) >= 11 is 0. The zero-order valence-electron chi connectivity index (χ0n) is 13.5. The van der Waals surface area contributed by atoms with E-state index in [2.05, 4.69) is 58.3 Å². The summed E-state index contributed by atoms with van der Waals surface area (Å²) in [6.45, 7) is 2.03. The van der Waals surface area contributed by atoms with Crippen molar-refractivity contribution in [1.82, 2.24) is 14.5 Å². The van der Waals surface area contributed by atoms with Crippen LogP contribution in [0.5, 0.6) is 0 Å². The van der Waals surface area contributed by atoms with Crippen LogP contribution in [0.3, 0.4) is 0 Å². The highest BCUT2D eigenvalue weighted by Gasteiger charge is 2.11. The van der Waals surface area contributed by atoms with Crippen LogP contribution in [0, 0.1) is 6.92 Å². The minimum absolute atomic E-state index is 0.998. The Morgan fingerprint density at radius 3 is 2.78 bits per heavy atom. The third kappa shape index (κ3) is 2.23. The Balaban J connectivity index is 1.88. The number of aromatic nitrogens is 3. The minimum Gasteiger partial charge on any atom is -0.343 e. The first kappa shape index (κ1) is 13.8. The molecule has 0 unspecified atom stereocenters. The molecule has 0 saturated carbocycles. The highest BCUT2D eigenvalue weighted by Crippen LogP contribution is 2.31. The molecule has 3 aromatic heterocycles. The normalized spacial score (nSPS) is 11.3. The molecule has 0 radical (unpaired) electrons. The third-order valence-corrected chi connectivity index (χ3v) is 4.26. The van der Waals surface area contributed by atoms with E-state index in [-0.39, 0.29) is 0 Å². The van der Waals surface area contributed by atoms with Crippen LogP contribution in [-0.4, -0.2) is 21.6 Å². The molecule has 0 N–H and O–H groups in total. The monoisotopic (exact) mass is 302 g/mol. The fourth-order valence-corrected chi connectivity index (χ4v) is 3.03. The van der Waals surface area contributed by atoms with E-state index in [9.17, 15) is 0 Å². The van der Waals surface area contributed by atoms with E-state index in [1.165, 1.54) is 0 Å². The van der Waals surface area contributed by atoms with Gasteiger partial charge in [0.1, 0.15) is 5.65 Å². The molecular weight excluding hydrogens is 284 g/mol. The SMILES string of the molecule is Cc1cc(N(C)c2cnc3c(ccn3C)c2)c2ccccc2n1. The maximum atomic E-state index is 4.62. The molecule has 4 nitrogen and oxygen atoms in total. The first-order chi connectivity index (χ1) is 11.1. The van der Waals surface area contributed by atoms with E-state index >= 15 is 0 Å². The van der Waals surface area contributed by atoms with Gasteiger partial charge in [0.25, 0.3) is 0 Å². The first-order valence-electron chi connectivity index (χ1n) is 7.65. The first-order valence-corrected chi connectivity index (χ1v) is 7.65. The number of nitrogens with zero attached hydrogens (tertiary/aromatic N) is 4. The summed E-state index contributed by atoms with van der Waals surface area (Å²) in [6.07, 6.45) is 3.96. The van der Waals surface area contributed by atoms with Crippen molar-refractivity contribution in [3.8, 4) is 0 Å². The third-order valence-electron chi connectivity index (χ3n) is 4.26. The Morgan fingerprint density at radius 1 is 1.09 bits per heavy atom. The summed E-state index contributed by atoms with van der Waals surface area (Å²) in [5, 5.41) is 2.29. The van der Waals surface area contributed by atoms with E-state index < -0.39 is 0 Å². The molecule has 0 saturated heterocycles. The highest BCUT2D eigenvalue weighted by molar-refractivity contribution is 5.94. The molecule has 0 aliphatic rings. The van der Waals surface area contributed by atoms with Crippen LogP contribution in [0.15, 0.2) is 54.9 Å². The van der Waals surface area contributed by atoms with Gasteiger partial charge in [-0.15, -0.1) is 0 Å². The molecule has 4 aromatic rings.